The van der Waals surface area contributed by atoms with Gasteiger partial charge in [-0.05, 0) is 31.0 Å². The number of carbonyl (C=O) groups is 1. The molecule has 0 aromatic heterocycles. The average Bonchev–Trinajstić information content (AvgIpc) is 2.50. The highest BCUT2D eigenvalue weighted by Crippen LogP contribution is 2.15. The van der Waals surface area contributed by atoms with Crippen LogP contribution in [-0.4, -0.2) is 42.7 Å². The van der Waals surface area contributed by atoms with Crippen LogP contribution in [0.2, 0.25) is 0 Å². The number of hydrogen-bond acceptors (Lipinski definition) is 4. The summed E-state index contributed by atoms with van der Waals surface area (Å²) in [4.78, 5) is 11.9. The van der Waals surface area contributed by atoms with Crippen LogP contribution in [0.1, 0.15) is 18.9 Å². The molecule has 2 unspecified atom stereocenters. The summed E-state index contributed by atoms with van der Waals surface area (Å²) in [5.41, 5.74) is 0.895. The summed E-state index contributed by atoms with van der Waals surface area (Å²) in [5, 5.41) is 2.23. The maximum Gasteiger partial charge on any atom is 0.235 e. The van der Waals surface area contributed by atoms with Crippen molar-refractivity contribution < 1.29 is 18.5 Å². The summed E-state index contributed by atoms with van der Waals surface area (Å²) >= 11 is 0. The topological polar surface area (TPSA) is 64.6 Å². The molecule has 1 aromatic carbocycles. The highest BCUT2D eigenvalue weighted by atomic mass is 32.2. The van der Waals surface area contributed by atoms with Gasteiger partial charge in [0.1, 0.15) is 11.0 Å². The summed E-state index contributed by atoms with van der Waals surface area (Å²) in [6.07, 6.45) is 0.747. The van der Waals surface area contributed by atoms with E-state index in [9.17, 15) is 9.00 Å². The summed E-state index contributed by atoms with van der Waals surface area (Å²) in [5.74, 6) is 0.873. The molecule has 6 heteroatoms. The zero-order valence-corrected chi connectivity index (χ0v) is 13.6. The normalized spacial score (nSPS) is 13.5. The van der Waals surface area contributed by atoms with Crippen molar-refractivity contribution in [2.75, 3.05) is 27.4 Å². The van der Waals surface area contributed by atoms with Gasteiger partial charge < -0.3 is 14.8 Å². The number of hydrogen-bond donors (Lipinski definition) is 1. The summed E-state index contributed by atoms with van der Waals surface area (Å²) in [6.45, 7) is 2.82. The summed E-state index contributed by atoms with van der Waals surface area (Å²) in [6, 6.07) is 7.39. The van der Waals surface area contributed by atoms with Gasteiger partial charge in [0.25, 0.3) is 0 Å². The van der Waals surface area contributed by atoms with Crippen LogP contribution in [-0.2, 0) is 26.1 Å². The second-order valence-electron chi connectivity index (χ2n) is 4.66. The predicted molar refractivity (Wildman–Crippen MR) is 83.8 cm³/mol. The Kier molecular flexibility index (Phi) is 8.00. The number of benzene rings is 1. The van der Waals surface area contributed by atoms with Crippen molar-refractivity contribution in [3.05, 3.63) is 29.8 Å². The van der Waals surface area contributed by atoms with Crippen molar-refractivity contribution in [1.29, 1.82) is 0 Å². The fourth-order valence-corrected chi connectivity index (χ4v) is 2.82. The Morgan fingerprint density at radius 2 is 2.14 bits per heavy atom. The first-order valence-corrected chi connectivity index (χ1v) is 8.23. The minimum atomic E-state index is -1.26. The Morgan fingerprint density at radius 3 is 2.81 bits per heavy atom. The monoisotopic (exact) mass is 313 g/mol. The van der Waals surface area contributed by atoms with Crippen LogP contribution in [0.25, 0.3) is 0 Å². The van der Waals surface area contributed by atoms with Crippen molar-refractivity contribution in [1.82, 2.24) is 5.32 Å². The Labute approximate surface area is 128 Å². The van der Waals surface area contributed by atoms with Crippen molar-refractivity contribution in [2.45, 2.75) is 24.3 Å². The summed E-state index contributed by atoms with van der Waals surface area (Å²) < 4.78 is 22.3. The molecule has 0 bridgehead atoms. The van der Waals surface area contributed by atoms with Gasteiger partial charge in [-0.25, -0.2) is 0 Å². The highest BCUT2D eigenvalue weighted by Gasteiger charge is 2.19. The van der Waals surface area contributed by atoms with Crippen LogP contribution in [0, 0.1) is 0 Å². The first-order chi connectivity index (χ1) is 10.1. The van der Waals surface area contributed by atoms with Gasteiger partial charge in [-0.15, -0.1) is 0 Å². The van der Waals surface area contributed by atoms with Crippen molar-refractivity contribution in [3.8, 4) is 5.75 Å². The maximum atomic E-state index is 12.2. The van der Waals surface area contributed by atoms with E-state index in [-0.39, 0.29) is 5.91 Å². The maximum absolute atomic E-state index is 12.2. The van der Waals surface area contributed by atoms with Gasteiger partial charge in [0.05, 0.1) is 7.11 Å². The average molecular weight is 313 g/mol. The molecule has 1 amide bonds. The Bertz CT molecular complexity index is 478. The van der Waals surface area contributed by atoms with E-state index < -0.39 is 16.0 Å². The number of nitrogens with one attached hydrogen (secondary N) is 1. The third kappa shape index (κ3) is 6.27. The highest BCUT2D eigenvalue weighted by molar-refractivity contribution is 7.85. The van der Waals surface area contributed by atoms with Crippen LogP contribution in [0.3, 0.4) is 0 Å². The molecule has 0 aliphatic carbocycles. The van der Waals surface area contributed by atoms with Gasteiger partial charge in [0, 0.05) is 36.8 Å². The number of amides is 1. The van der Waals surface area contributed by atoms with E-state index in [0.29, 0.717) is 18.9 Å². The smallest absolute Gasteiger partial charge is 0.235 e. The van der Waals surface area contributed by atoms with E-state index in [4.69, 9.17) is 9.47 Å². The van der Waals surface area contributed by atoms with E-state index in [0.717, 1.165) is 17.7 Å². The van der Waals surface area contributed by atoms with Crippen LogP contribution >= 0.6 is 0 Å². The van der Waals surface area contributed by atoms with Gasteiger partial charge >= 0.3 is 0 Å². The quantitative estimate of drug-likeness (QED) is 0.702. The molecule has 1 rings (SSSR count). The molecule has 0 aliphatic rings. The van der Waals surface area contributed by atoms with E-state index in [1.807, 2.05) is 24.3 Å². The fraction of sp³-hybridized carbons (Fsp3) is 0.533. The third-order valence-electron chi connectivity index (χ3n) is 3.03. The Balaban J connectivity index is 2.47. The lowest BCUT2D eigenvalue weighted by molar-refractivity contribution is -0.120. The minimum absolute atomic E-state index is 0.188. The second-order valence-corrected chi connectivity index (χ2v) is 6.41. The Hall–Kier alpha value is -1.40. The van der Waals surface area contributed by atoms with Crippen LogP contribution in [0.4, 0.5) is 0 Å². The zero-order chi connectivity index (χ0) is 15.7. The minimum Gasteiger partial charge on any atom is -0.497 e. The van der Waals surface area contributed by atoms with E-state index >= 15 is 0 Å². The van der Waals surface area contributed by atoms with Crippen LogP contribution < -0.4 is 10.1 Å². The molecule has 0 aliphatic heterocycles. The second kappa shape index (κ2) is 9.52. The molecule has 0 radical (unpaired) electrons. The number of rotatable bonds is 9. The molecule has 118 valence electrons. The molecular formula is C15H23NO4S. The van der Waals surface area contributed by atoms with Gasteiger partial charge in [-0.1, -0.05) is 12.1 Å². The fourth-order valence-electron chi connectivity index (χ4n) is 1.74. The lowest BCUT2D eigenvalue weighted by Crippen LogP contribution is -2.36. The lowest BCUT2D eigenvalue weighted by Gasteiger charge is -2.12. The largest absolute Gasteiger partial charge is 0.497 e. The zero-order valence-electron chi connectivity index (χ0n) is 12.8. The molecule has 0 fully saturated rings. The molecule has 5 nitrogen and oxygen atoms in total. The lowest BCUT2D eigenvalue weighted by atomic mass is 10.2. The molecule has 0 heterocycles. The van der Waals surface area contributed by atoms with Gasteiger partial charge in [0.2, 0.25) is 5.91 Å². The molecule has 0 saturated carbocycles. The summed E-state index contributed by atoms with van der Waals surface area (Å²) in [7, 11) is 1.95. The first-order valence-electron chi connectivity index (χ1n) is 6.85. The Morgan fingerprint density at radius 1 is 1.38 bits per heavy atom. The molecule has 0 saturated heterocycles. The van der Waals surface area contributed by atoms with Crippen molar-refractivity contribution in [3.63, 3.8) is 0 Å². The number of carbonyl (C=O) groups excluding carboxylic acids is 1. The standard InChI is InChI=1S/C15H23NO4S/c1-12(15(17)16-8-5-9-19-2)21(18)11-13-6-4-7-14(10-13)20-3/h4,6-7,10,12H,5,8-9,11H2,1-3H3,(H,16,17). The van der Waals surface area contributed by atoms with Crippen LogP contribution in [0.15, 0.2) is 24.3 Å². The third-order valence-corrected chi connectivity index (χ3v) is 4.65. The van der Waals surface area contributed by atoms with Gasteiger partial charge in [0.15, 0.2) is 0 Å². The van der Waals surface area contributed by atoms with E-state index in [1.54, 1.807) is 21.1 Å². The van der Waals surface area contributed by atoms with E-state index in [2.05, 4.69) is 5.32 Å². The predicted octanol–water partition coefficient (Wildman–Crippen LogP) is 1.49. The van der Waals surface area contributed by atoms with Gasteiger partial charge in [-0.2, -0.15) is 0 Å². The van der Waals surface area contributed by atoms with Crippen LogP contribution in [0.5, 0.6) is 5.75 Å². The molecule has 2 atom stereocenters. The number of methoxy groups -OCH3 is 2. The first kappa shape index (κ1) is 17.7. The SMILES string of the molecule is COCCCNC(=O)C(C)S(=O)Cc1cccc(OC)c1. The molecule has 21 heavy (non-hydrogen) atoms. The molecular weight excluding hydrogens is 290 g/mol. The molecule has 0 spiro atoms. The van der Waals surface area contributed by atoms with Crippen molar-refractivity contribution >= 4 is 16.7 Å². The number of ether oxygens (including phenoxy) is 2. The molecule has 1 N–H and O–H groups in total. The van der Waals surface area contributed by atoms with Crippen molar-refractivity contribution in [2.24, 2.45) is 0 Å². The molecule has 1 aromatic rings. The van der Waals surface area contributed by atoms with E-state index in [1.165, 1.54) is 0 Å². The van der Waals surface area contributed by atoms with Gasteiger partial charge in [-0.3, -0.25) is 9.00 Å².